The molecule has 0 atom stereocenters. The molecule has 3 aromatic rings. The predicted octanol–water partition coefficient (Wildman–Crippen LogP) is 5.15. The van der Waals surface area contributed by atoms with Crippen molar-refractivity contribution in [1.29, 1.82) is 0 Å². The number of carbonyl (C=O) groups excluding carboxylic acids is 1. The van der Waals surface area contributed by atoms with Crippen molar-refractivity contribution < 1.29 is 13.9 Å². The molecule has 0 spiro atoms. The quantitative estimate of drug-likeness (QED) is 0.648. The van der Waals surface area contributed by atoms with Gasteiger partial charge in [0.05, 0.1) is 12.0 Å². The maximum Gasteiger partial charge on any atom is 0.268 e. The summed E-state index contributed by atoms with van der Waals surface area (Å²) >= 11 is 1.29. The highest BCUT2D eigenvalue weighted by atomic mass is 32.1. The molecule has 0 N–H and O–H groups in total. The first-order valence-corrected chi connectivity index (χ1v) is 8.60. The summed E-state index contributed by atoms with van der Waals surface area (Å²) in [6.07, 6.45) is 0. The molecule has 0 aliphatic carbocycles. The fourth-order valence-electron chi connectivity index (χ4n) is 2.54. The fraction of sp³-hybridized carbons (Fsp3) is 0.150. The summed E-state index contributed by atoms with van der Waals surface area (Å²) in [6, 6.07) is 16.1. The lowest BCUT2D eigenvalue weighted by molar-refractivity contribution is 0.0997. The monoisotopic (exact) mass is 355 g/mol. The standard InChI is InChI=1S/C20H18FNO2S/c1-13-6-4-9-16(19(13)21)17-10-11-18(25-17)20(23)22(2)14-7-5-8-15(12-14)24-3/h4-12H,1-3H3. The van der Waals surface area contributed by atoms with Crippen LogP contribution in [0, 0.1) is 12.7 Å². The van der Waals surface area contributed by atoms with Gasteiger partial charge in [-0.2, -0.15) is 0 Å². The number of hydrogen-bond donors (Lipinski definition) is 0. The third kappa shape index (κ3) is 3.42. The molecule has 5 heteroatoms. The van der Waals surface area contributed by atoms with E-state index in [1.807, 2.05) is 24.3 Å². The molecule has 0 aliphatic heterocycles. The minimum atomic E-state index is -0.246. The molecule has 0 unspecified atom stereocenters. The van der Waals surface area contributed by atoms with Gasteiger partial charge in [0.1, 0.15) is 11.6 Å². The first-order valence-electron chi connectivity index (χ1n) is 7.78. The molecule has 3 nitrogen and oxygen atoms in total. The molecule has 0 fully saturated rings. The van der Waals surface area contributed by atoms with Crippen LogP contribution in [0.15, 0.2) is 54.6 Å². The zero-order valence-electron chi connectivity index (χ0n) is 14.2. The van der Waals surface area contributed by atoms with Crippen LogP contribution in [0.1, 0.15) is 15.2 Å². The number of aryl methyl sites for hydroxylation is 1. The van der Waals surface area contributed by atoms with Gasteiger partial charge in [-0.1, -0.05) is 24.3 Å². The molecule has 25 heavy (non-hydrogen) atoms. The van der Waals surface area contributed by atoms with Crippen LogP contribution < -0.4 is 9.64 Å². The van der Waals surface area contributed by atoms with Gasteiger partial charge in [0, 0.05) is 29.2 Å². The lowest BCUT2D eigenvalue weighted by Gasteiger charge is -2.17. The van der Waals surface area contributed by atoms with Gasteiger partial charge in [-0.05, 0) is 36.8 Å². The molecule has 1 amide bonds. The van der Waals surface area contributed by atoms with Gasteiger partial charge in [0.15, 0.2) is 0 Å². The highest BCUT2D eigenvalue weighted by Crippen LogP contribution is 2.32. The van der Waals surface area contributed by atoms with Gasteiger partial charge in [-0.25, -0.2) is 4.39 Å². The normalized spacial score (nSPS) is 10.6. The number of halogens is 1. The van der Waals surface area contributed by atoms with Crippen molar-refractivity contribution in [3.05, 3.63) is 70.9 Å². The van der Waals surface area contributed by atoms with Crippen LogP contribution in [0.2, 0.25) is 0 Å². The number of carbonyl (C=O) groups is 1. The Morgan fingerprint density at radius 3 is 2.64 bits per heavy atom. The highest BCUT2D eigenvalue weighted by Gasteiger charge is 2.18. The minimum absolute atomic E-state index is 0.141. The molecule has 128 valence electrons. The Balaban J connectivity index is 1.88. The SMILES string of the molecule is COc1cccc(N(C)C(=O)c2ccc(-c3cccc(C)c3F)s2)c1. The van der Waals surface area contributed by atoms with Crippen LogP contribution >= 0.6 is 11.3 Å². The number of anilines is 1. The number of thiophene rings is 1. The Bertz CT molecular complexity index is 920. The molecular formula is C20H18FNO2S. The Morgan fingerprint density at radius 2 is 1.88 bits per heavy atom. The van der Waals surface area contributed by atoms with Crippen molar-refractivity contribution in [2.45, 2.75) is 6.92 Å². The molecule has 0 radical (unpaired) electrons. The first-order chi connectivity index (χ1) is 12.0. The third-order valence-corrected chi connectivity index (χ3v) is 5.13. The number of ether oxygens (including phenoxy) is 1. The molecule has 1 aromatic heterocycles. The van der Waals surface area contributed by atoms with Crippen molar-refractivity contribution in [1.82, 2.24) is 0 Å². The Labute approximate surface area is 150 Å². The third-order valence-electron chi connectivity index (χ3n) is 4.02. The average molecular weight is 355 g/mol. The molecule has 1 heterocycles. The number of hydrogen-bond acceptors (Lipinski definition) is 3. The number of benzene rings is 2. The van der Waals surface area contributed by atoms with Crippen LogP contribution in [0.3, 0.4) is 0 Å². The summed E-state index contributed by atoms with van der Waals surface area (Å²) in [5, 5.41) is 0. The summed E-state index contributed by atoms with van der Waals surface area (Å²) in [5.41, 5.74) is 1.85. The largest absolute Gasteiger partial charge is 0.497 e. The Kier molecular flexibility index (Phi) is 4.86. The molecule has 0 saturated carbocycles. The van der Waals surface area contributed by atoms with E-state index in [0.29, 0.717) is 21.8 Å². The van der Waals surface area contributed by atoms with Crippen LogP contribution in [0.5, 0.6) is 5.75 Å². The van der Waals surface area contributed by atoms with Crippen LogP contribution in [-0.4, -0.2) is 20.1 Å². The van der Waals surface area contributed by atoms with E-state index in [4.69, 9.17) is 4.74 Å². The van der Waals surface area contributed by atoms with E-state index in [-0.39, 0.29) is 11.7 Å². The Morgan fingerprint density at radius 1 is 1.12 bits per heavy atom. The van der Waals surface area contributed by atoms with Crippen molar-refractivity contribution in [2.24, 2.45) is 0 Å². The lowest BCUT2D eigenvalue weighted by atomic mass is 10.1. The van der Waals surface area contributed by atoms with Gasteiger partial charge in [0.2, 0.25) is 0 Å². The van der Waals surface area contributed by atoms with Gasteiger partial charge >= 0.3 is 0 Å². The molecule has 0 aliphatic rings. The van der Waals surface area contributed by atoms with E-state index in [2.05, 4.69) is 0 Å². The van der Waals surface area contributed by atoms with Gasteiger partial charge in [-0.3, -0.25) is 4.79 Å². The zero-order chi connectivity index (χ0) is 18.0. The second-order valence-corrected chi connectivity index (χ2v) is 6.75. The number of rotatable bonds is 4. The summed E-state index contributed by atoms with van der Waals surface area (Å²) in [4.78, 5) is 15.6. The maximum atomic E-state index is 14.3. The topological polar surface area (TPSA) is 29.5 Å². The van der Waals surface area contributed by atoms with Crippen molar-refractivity contribution in [3.63, 3.8) is 0 Å². The molecule has 0 saturated heterocycles. The Hall–Kier alpha value is -2.66. The first kappa shape index (κ1) is 17.2. The summed E-state index contributed by atoms with van der Waals surface area (Å²) < 4.78 is 19.5. The van der Waals surface area contributed by atoms with E-state index in [9.17, 15) is 9.18 Å². The van der Waals surface area contributed by atoms with Crippen molar-refractivity contribution >= 4 is 22.9 Å². The molecule has 2 aromatic carbocycles. The van der Waals surface area contributed by atoms with E-state index in [1.165, 1.54) is 11.3 Å². The summed E-state index contributed by atoms with van der Waals surface area (Å²) in [5.74, 6) is 0.299. The minimum Gasteiger partial charge on any atom is -0.497 e. The van der Waals surface area contributed by atoms with E-state index in [0.717, 1.165) is 10.6 Å². The van der Waals surface area contributed by atoms with Gasteiger partial charge in [-0.15, -0.1) is 11.3 Å². The molecular weight excluding hydrogens is 337 g/mol. The van der Waals surface area contributed by atoms with Crippen LogP contribution in [0.4, 0.5) is 10.1 Å². The summed E-state index contributed by atoms with van der Waals surface area (Å²) in [6.45, 7) is 1.73. The van der Waals surface area contributed by atoms with Crippen molar-refractivity contribution in [3.8, 4) is 16.2 Å². The maximum absolute atomic E-state index is 14.3. The highest BCUT2D eigenvalue weighted by molar-refractivity contribution is 7.17. The second kappa shape index (κ2) is 7.07. The van der Waals surface area contributed by atoms with Gasteiger partial charge in [0.25, 0.3) is 5.91 Å². The molecule has 3 rings (SSSR count). The van der Waals surface area contributed by atoms with E-state index >= 15 is 0 Å². The van der Waals surface area contributed by atoms with E-state index < -0.39 is 0 Å². The number of methoxy groups -OCH3 is 1. The van der Waals surface area contributed by atoms with Crippen LogP contribution in [0.25, 0.3) is 10.4 Å². The predicted molar refractivity (Wildman–Crippen MR) is 100 cm³/mol. The molecule has 0 bridgehead atoms. The van der Waals surface area contributed by atoms with Crippen LogP contribution in [-0.2, 0) is 0 Å². The fourth-order valence-corrected chi connectivity index (χ4v) is 3.54. The van der Waals surface area contributed by atoms with E-state index in [1.54, 1.807) is 56.3 Å². The zero-order valence-corrected chi connectivity index (χ0v) is 15.1. The smallest absolute Gasteiger partial charge is 0.268 e. The number of amides is 1. The lowest BCUT2D eigenvalue weighted by Crippen LogP contribution is -2.25. The van der Waals surface area contributed by atoms with Crippen molar-refractivity contribution in [2.75, 3.05) is 19.1 Å². The summed E-state index contributed by atoms with van der Waals surface area (Å²) in [7, 11) is 3.30. The van der Waals surface area contributed by atoms with Gasteiger partial charge < -0.3 is 9.64 Å². The second-order valence-electron chi connectivity index (χ2n) is 5.67. The average Bonchev–Trinajstić information content (AvgIpc) is 3.12. The number of nitrogens with zero attached hydrogens (tertiary/aromatic N) is 1.